The van der Waals surface area contributed by atoms with Crippen LogP contribution < -0.4 is 5.32 Å². The van der Waals surface area contributed by atoms with E-state index >= 15 is 0 Å². The molecule has 3 unspecified atom stereocenters. The second-order valence-corrected chi connectivity index (χ2v) is 7.49. The van der Waals surface area contributed by atoms with Gasteiger partial charge in [0, 0.05) is 32.1 Å². The zero-order valence-corrected chi connectivity index (χ0v) is 11.9. The van der Waals surface area contributed by atoms with E-state index in [4.69, 9.17) is 4.74 Å². The molecule has 0 spiro atoms. The van der Waals surface area contributed by atoms with E-state index in [0.717, 1.165) is 38.7 Å². The highest BCUT2D eigenvalue weighted by Crippen LogP contribution is 2.24. The van der Waals surface area contributed by atoms with E-state index in [0.29, 0.717) is 12.1 Å². The van der Waals surface area contributed by atoms with Crippen LogP contribution in [0.15, 0.2) is 0 Å². The van der Waals surface area contributed by atoms with E-state index in [1.165, 1.54) is 6.26 Å². The first-order valence-electron chi connectivity index (χ1n) is 6.37. The summed E-state index contributed by atoms with van der Waals surface area (Å²) in [6.07, 6.45) is 6.00. The fourth-order valence-electron chi connectivity index (χ4n) is 2.47. The lowest BCUT2D eigenvalue weighted by molar-refractivity contribution is 0.180. The van der Waals surface area contributed by atoms with Gasteiger partial charge in [-0.05, 0) is 32.6 Å². The van der Waals surface area contributed by atoms with Gasteiger partial charge in [0.1, 0.15) is 9.84 Å². The molecule has 1 rings (SSSR count). The Morgan fingerprint density at radius 3 is 2.71 bits per heavy atom. The molecule has 1 saturated carbocycles. The van der Waals surface area contributed by atoms with Crippen LogP contribution in [0, 0.1) is 0 Å². The van der Waals surface area contributed by atoms with Crippen molar-refractivity contribution < 1.29 is 13.2 Å². The highest BCUT2D eigenvalue weighted by Gasteiger charge is 2.29. The molecule has 0 heterocycles. The van der Waals surface area contributed by atoms with E-state index in [1.54, 1.807) is 7.11 Å². The van der Waals surface area contributed by atoms with Gasteiger partial charge in [0.25, 0.3) is 0 Å². The van der Waals surface area contributed by atoms with Crippen LogP contribution in [0.2, 0.25) is 0 Å². The van der Waals surface area contributed by atoms with Crippen LogP contribution in [0.5, 0.6) is 0 Å². The summed E-state index contributed by atoms with van der Waals surface area (Å²) in [7, 11) is -1.17. The molecule has 0 radical (unpaired) electrons. The molecule has 0 amide bonds. The molecule has 0 saturated heterocycles. The molecule has 1 aliphatic carbocycles. The first-order chi connectivity index (χ1) is 7.93. The maximum atomic E-state index is 11.5. The van der Waals surface area contributed by atoms with Crippen molar-refractivity contribution in [2.75, 3.05) is 20.0 Å². The second kappa shape index (κ2) is 6.71. The summed E-state index contributed by atoms with van der Waals surface area (Å²) in [4.78, 5) is 0. The van der Waals surface area contributed by atoms with Gasteiger partial charge in [-0.15, -0.1) is 0 Å². The summed E-state index contributed by atoms with van der Waals surface area (Å²) >= 11 is 0. The second-order valence-electron chi connectivity index (χ2n) is 5.16. The Kier molecular flexibility index (Phi) is 5.89. The Hall–Kier alpha value is -0.130. The van der Waals surface area contributed by atoms with E-state index in [2.05, 4.69) is 12.2 Å². The van der Waals surface area contributed by atoms with Gasteiger partial charge in [-0.1, -0.05) is 6.42 Å². The summed E-state index contributed by atoms with van der Waals surface area (Å²) < 4.78 is 28.1. The molecule has 1 aliphatic rings. The Balaban J connectivity index is 2.39. The van der Waals surface area contributed by atoms with Gasteiger partial charge in [-0.3, -0.25) is 0 Å². The number of hydrogen-bond acceptors (Lipinski definition) is 4. The minimum Gasteiger partial charge on any atom is -0.385 e. The van der Waals surface area contributed by atoms with Crippen LogP contribution in [0.1, 0.15) is 39.0 Å². The molecule has 0 aromatic carbocycles. The number of methoxy groups -OCH3 is 1. The summed E-state index contributed by atoms with van der Waals surface area (Å²) in [6.45, 7) is 2.87. The maximum absolute atomic E-state index is 11.5. The van der Waals surface area contributed by atoms with Gasteiger partial charge in [-0.2, -0.15) is 0 Å². The summed E-state index contributed by atoms with van der Waals surface area (Å²) in [5.41, 5.74) is 0. The van der Waals surface area contributed by atoms with Gasteiger partial charge in [0.2, 0.25) is 0 Å². The SMILES string of the molecule is COCCC(C)NC1CCCC(S(C)(=O)=O)C1. The third kappa shape index (κ3) is 5.36. The van der Waals surface area contributed by atoms with Crippen molar-refractivity contribution in [1.29, 1.82) is 0 Å². The van der Waals surface area contributed by atoms with Crippen molar-refractivity contribution in [1.82, 2.24) is 5.32 Å². The van der Waals surface area contributed by atoms with Crippen LogP contribution in [-0.2, 0) is 14.6 Å². The Bertz CT molecular complexity index is 316. The van der Waals surface area contributed by atoms with Gasteiger partial charge in [0.05, 0.1) is 5.25 Å². The lowest BCUT2D eigenvalue weighted by atomic mass is 9.94. The highest BCUT2D eigenvalue weighted by atomic mass is 32.2. The average molecular weight is 263 g/mol. The predicted molar refractivity (Wildman–Crippen MR) is 70.0 cm³/mol. The molecule has 0 aliphatic heterocycles. The molecular formula is C12H25NO3S. The minimum atomic E-state index is -2.88. The van der Waals surface area contributed by atoms with Gasteiger partial charge in [0.15, 0.2) is 0 Å². The lowest BCUT2D eigenvalue weighted by Crippen LogP contribution is -2.43. The zero-order chi connectivity index (χ0) is 12.9. The molecule has 5 heteroatoms. The molecule has 0 aromatic heterocycles. The summed E-state index contributed by atoms with van der Waals surface area (Å²) in [6, 6.07) is 0.730. The van der Waals surface area contributed by atoms with Crippen LogP contribution >= 0.6 is 0 Å². The average Bonchev–Trinajstić information content (AvgIpc) is 2.25. The van der Waals surface area contributed by atoms with Crippen LogP contribution in [0.25, 0.3) is 0 Å². The lowest BCUT2D eigenvalue weighted by Gasteiger charge is -2.31. The largest absolute Gasteiger partial charge is 0.385 e. The molecule has 3 atom stereocenters. The summed E-state index contributed by atoms with van der Waals surface area (Å²) in [5.74, 6) is 0. The minimum absolute atomic E-state index is 0.150. The number of sulfone groups is 1. The van der Waals surface area contributed by atoms with Crippen LogP contribution in [-0.4, -0.2) is 45.7 Å². The molecule has 1 N–H and O–H groups in total. The van der Waals surface area contributed by atoms with E-state index < -0.39 is 9.84 Å². The zero-order valence-electron chi connectivity index (χ0n) is 11.1. The monoisotopic (exact) mass is 263 g/mol. The normalized spacial score (nSPS) is 27.9. The molecule has 0 bridgehead atoms. The van der Waals surface area contributed by atoms with Crippen LogP contribution in [0.4, 0.5) is 0 Å². The van der Waals surface area contributed by atoms with Gasteiger partial charge >= 0.3 is 0 Å². The third-order valence-electron chi connectivity index (χ3n) is 3.51. The molecule has 1 fully saturated rings. The van der Waals surface area contributed by atoms with Crippen molar-refractivity contribution in [3.63, 3.8) is 0 Å². The maximum Gasteiger partial charge on any atom is 0.150 e. The predicted octanol–water partition coefficient (Wildman–Crippen LogP) is 1.36. The fourth-order valence-corrected chi connectivity index (χ4v) is 3.64. The highest BCUT2D eigenvalue weighted by molar-refractivity contribution is 7.91. The quantitative estimate of drug-likeness (QED) is 0.786. The number of ether oxygens (including phenoxy) is 1. The van der Waals surface area contributed by atoms with E-state index in [-0.39, 0.29) is 5.25 Å². The molecular weight excluding hydrogens is 238 g/mol. The van der Waals surface area contributed by atoms with Crippen molar-refractivity contribution in [3.05, 3.63) is 0 Å². The van der Waals surface area contributed by atoms with E-state index in [1.807, 2.05) is 0 Å². The first-order valence-corrected chi connectivity index (χ1v) is 8.32. The van der Waals surface area contributed by atoms with Crippen LogP contribution in [0.3, 0.4) is 0 Å². The standard InChI is InChI=1S/C12H25NO3S/c1-10(7-8-16-2)13-11-5-4-6-12(9-11)17(3,14)15/h10-13H,4-9H2,1-3H3. The number of rotatable bonds is 6. The first kappa shape index (κ1) is 14.9. The molecule has 102 valence electrons. The fraction of sp³-hybridized carbons (Fsp3) is 1.00. The summed E-state index contributed by atoms with van der Waals surface area (Å²) in [5, 5.41) is 3.36. The Morgan fingerprint density at radius 2 is 2.12 bits per heavy atom. The molecule has 0 aromatic rings. The molecule has 4 nitrogen and oxygen atoms in total. The number of nitrogens with one attached hydrogen (secondary N) is 1. The van der Waals surface area contributed by atoms with Gasteiger partial charge in [-0.25, -0.2) is 8.42 Å². The third-order valence-corrected chi connectivity index (χ3v) is 5.15. The van der Waals surface area contributed by atoms with Crippen molar-refractivity contribution in [2.45, 2.75) is 56.4 Å². The topological polar surface area (TPSA) is 55.4 Å². The van der Waals surface area contributed by atoms with Crippen molar-refractivity contribution >= 4 is 9.84 Å². The van der Waals surface area contributed by atoms with E-state index in [9.17, 15) is 8.42 Å². The van der Waals surface area contributed by atoms with Crippen molar-refractivity contribution in [3.8, 4) is 0 Å². The smallest absolute Gasteiger partial charge is 0.150 e. The number of hydrogen-bond donors (Lipinski definition) is 1. The van der Waals surface area contributed by atoms with Gasteiger partial charge < -0.3 is 10.1 Å². The van der Waals surface area contributed by atoms with Crippen molar-refractivity contribution in [2.24, 2.45) is 0 Å². The molecule has 17 heavy (non-hydrogen) atoms. The Labute approximate surface area is 105 Å². The Morgan fingerprint density at radius 1 is 1.41 bits per heavy atom.